The summed E-state index contributed by atoms with van der Waals surface area (Å²) in [5, 5.41) is 8.70. The van der Waals surface area contributed by atoms with Crippen molar-refractivity contribution in [2.24, 2.45) is 5.92 Å². The molecule has 66 valence electrons. The number of allylic oxidation sites excluding steroid dienone is 2. The fourth-order valence-electron chi connectivity index (χ4n) is 1.38. The third kappa shape index (κ3) is 1.94. The van der Waals surface area contributed by atoms with E-state index in [1.807, 2.05) is 13.0 Å². The van der Waals surface area contributed by atoms with Crippen molar-refractivity contribution in [1.82, 2.24) is 0 Å². The van der Waals surface area contributed by atoms with Gasteiger partial charge in [0.25, 0.3) is 0 Å². The van der Waals surface area contributed by atoms with Crippen molar-refractivity contribution in [3.05, 3.63) is 11.6 Å². The van der Waals surface area contributed by atoms with Gasteiger partial charge in [0.2, 0.25) is 0 Å². The van der Waals surface area contributed by atoms with Crippen LogP contribution in [0.5, 0.6) is 0 Å². The van der Waals surface area contributed by atoms with Crippen LogP contribution >= 0.6 is 0 Å². The van der Waals surface area contributed by atoms with Gasteiger partial charge in [-0.15, -0.1) is 0 Å². The zero-order chi connectivity index (χ0) is 9.14. The van der Waals surface area contributed by atoms with Crippen LogP contribution in [0.2, 0.25) is 0 Å². The number of carbonyl (C=O) groups excluding carboxylic acids is 1. The fourth-order valence-corrected chi connectivity index (χ4v) is 1.38. The summed E-state index contributed by atoms with van der Waals surface area (Å²) in [5.74, 6) is -1.94. The minimum atomic E-state index is -0.991. The first-order valence-corrected chi connectivity index (χ1v) is 4.02. The first-order valence-electron chi connectivity index (χ1n) is 4.02. The number of carbonyl (C=O) groups is 2. The van der Waals surface area contributed by atoms with E-state index in [0.717, 1.165) is 5.57 Å². The Kier molecular flexibility index (Phi) is 2.63. The minimum Gasteiger partial charge on any atom is -0.481 e. The maximum absolute atomic E-state index is 11.2. The highest BCUT2D eigenvalue weighted by Gasteiger charge is 2.26. The van der Waals surface area contributed by atoms with E-state index in [1.54, 1.807) is 0 Å². The van der Waals surface area contributed by atoms with Gasteiger partial charge >= 0.3 is 5.97 Å². The van der Waals surface area contributed by atoms with Crippen LogP contribution in [0.4, 0.5) is 0 Å². The molecule has 0 heterocycles. The van der Waals surface area contributed by atoms with Gasteiger partial charge < -0.3 is 5.11 Å². The third-order valence-corrected chi connectivity index (χ3v) is 2.10. The molecule has 0 spiro atoms. The maximum Gasteiger partial charge on any atom is 0.314 e. The second-order valence-corrected chi connectivity index (χ2v) is 3.15. The Morgan fingerprint density at radius 3 is 2.92 bits per heavy atom. The number of hydrogen-bond donors (Lipinski definition) is 1. The highest BCUT2D eigenvalue weighted by Crippen LogP contribution is 2.20. The summed E-state index contributed by atoms with van der Waals surface area (Å²) in [5.41, 5.74) is 1.01. The summed E-state index contributed by atoms with van der Waals surface area (Å²) in [6, 6.07) is 0. The predicted molar refractivity (Wildman–Crippen MR) is 43.7 cm³/mol. The highest BCUT2D eigenvalue weighted by atomic mass is 16.4. The Hall–Kier alpha value is -1.12. The molecule has 12 heavy (non-hydrogen) atoms. The van der Waals surface area contributed by atoms with Crippen molar-refractivity contribution < 1.29 is 14.7 Å². The molecule has 0 saturated carbocycles. The van der Waals surface area contributed by atoms with E-state index >= 15 is 0 Å². The lowest BCUT2D eigenvalue weighted by molar-refractivity contribution is -0.146. The van der Waals surface area contributed by atoms with E-state index in [9.17, 15) is 9.59 Å². The largest absolute Gasteiger partial charge is 0.481 e. The first-order chi connectivity index (χ1) is 5.61. The number of carboxylic acids is 1. The molecule has 0 aromatic carbocycles. The number of carboxylic acid groups (broad SMARTS) is 1. The molecular weight excluding hydrogens is 156 g/mol. The highest BCUT2D eigenvalue weighted by molar-refractivity contribution is 5.98. The molecule has 0 fully saturated rings. The molecule has 3 nitrogen and oxygen atoms in total. The Morgan fingerprint density at radius 1 is 1.67 bits per heavy atom. The number of Topliss-reactive ketones (excluding diaryl/α,β-unsaturated/α-hetero) is 1. The van der Waals surface area contributed by atoms with Gasteiger partial charge in [0.05, 0.1) is 0 Å². The molecule has 0 radical (unpaired) electrons. The summed E-state index contributed by atoms with van der Waals surface area (Å²) in [4.78, 5) is 21.8. The number of ketones is 1. The molecule has 1 aliphatic carbocycles. The Morgan fingerprint density at radius 2 is 2.33 bits per heavy atom. The van der Waals surface area contributed by atoms with Gasteiger partial charge in [-0.2, -0.15) is 0 Å². The molecule has 0 aliphatic heterocycles. The second kappa shape index (κ2) is 3.52. The van der Waals surface area contributed by atoms with Gasteiger partial charge in [-0.1, -0.05) is 11.6 Å². The van der Waals surface area contributed by atoms with E-state index in [1.165, 1.54) is 0 Å². The second-order valence-electron chi connectivity index (χ2n) is 3.15. The van der Waals surface area contributed by atoms with Gasteiger partial charge in [0.1, 0.15) is 11.7 Å². The molecule has 1 N–H and O–H groups in total. The van der Waals surface area contributed by atoms with Crippen LogP contribution in [-0.2, 0) is 9.59 Å². The molecule has 3 heteroatoms. The topological polar surface area (TPSA) is 54.4 Å². The molecule has 0 aromatic heterocycles. The van der Waals surface area contributed by atoms with Crippen molar-refractivity contribution in [2.75, 3.05) is 0 Å². The Labute approximate surface area is 71.1 Å². The van der Waals surface area contributed by atoms with E-state index < -0.39 is 11.9 Å². The predicted octanol–water partition coefficient (Wildman–Crippen LogP) is 1.39. The van der Waals surface area contributed by atoms with Gasteiger partial charge in [-0.3, -0.25) is 9.59 Å². The van der Waals surface area contributed by atoms with Crippen LogP contribution in [0.3, 0.4) is 0 Å². The van der Waals surface area contributed by atoms with Crippen LogP contribution in [0.1, 0.15) is 26.2 Å². The zero-order valence-electron chi connectivity index (χ0n) is 7.04. The van der Waals surface area contributed by atoms with E-state index in [-0.39, 0.29) is 5.78 Å². The summed E-state index contributed by atoms with van der Waals surface area (Å²) in [6.45, 7) is 1.87. The lowest BCUT2D eigenvalue weighted by atomic mass is 9.97. The number of rotatable bonds is 1. The van der Waals surface area contributed by atoms with Gasteiger partial charge in [-0.05, 0) is 19.8 Å². The zero-order valence-corrected chi connectivity index (χ0v) is 7.04. The average molecular weight is 168 g/mol. The van der Waals surface area contributed by atoms with Crippen molar-refractivity contribution in [1.29, 1.82) is 0 Å². The molecule has 0 bridgehead atoms. The van der Waals surface area contributed by atoms with Crippen molar-refractivity contribution in [3.8, 4) is 0 Å². The lowest BCUT2D eigenvalue weighted by Crippen LogP contribution is -2.22. The normalized spacial score (nSPS) is 24.6. The summed E-state index contributed by atoms with van der Waals surface area (Å²) in [6.07, 6.45) is 3.39. The van der Waals surface area contributed by atoms with E-state index in [2.05, 4.69) is 0 Å². The molecule has 1 aliphatic rings. The number of aliphatic carboxylic acids is 1. The van der Waals surface area contributed by atoms with Gasteiger partial charge in [0, 0.05) is 6.42 Å². The summed E-state index contributed by atoms with van der Waals surface area (Å²) < 4.78 is 0. The van der Waals surface area contributed by atoms with Crippen LogP contribution in [0.25, 0.3) is 0 Å². The van der Waals surface area contributed by atoms with Crippen molar-refractivity contribution in [3.63, 3.8) is 0 Å². The van der Waals surface area contributed by atoms with Gasteiger partial charge in [-0.25, -0.2) is 0 Å². The molecule has 0 saturated heterocycles. The lowest BCUT2D eigenvalue weighted by Gasteiger charge is -2.06. The maximum atomic E-state index is 11.2. The summed E-state index contributed by atoms with van der Waals surface area (Å²) >= 11 is 0. The summed E-state index contributed by atoms with van der Waals surface area (Å²) in [7, 11) is 0. The standard InChI is InChI=1S/C9H12O3/c1-6-3-2-4-8(10)7(5-6)9(11)12/h3,7H,2,4-5H2,1H3,(H,11,12)/t7-/m0/s1. The molecule has 0 amide bonds. The van der Waals surface area contributed by atoms with Gasteiger partial charge in [0.15, 0.2) is 0 Å². The minimum absolute atomic E-state index is 0.143. The first kappa shape index (κ1) is 8.97. The average Bonchev–Trinajstić information content (AvgIpc) is 2.13. The third-order valence-electron chi connectivity index (χ3n) is 2.10. The monoisotopic (exact) mass is 168 g/mol. The van der Waals surface area contributed by atoms with E-state index in [4.69, 9.17) is 5.11 Å². The molecule has 1 atom stereocenters. The molecular formula is C9H12O3. The van der Waals surface area contributed by atoms with Crippen LogP contribution in [0.15, 0.2) is 11.6 Å². The van der Waals surface area contributed by atoms with Crippen LogP contribution in [0, 0.1) is 5.92 Å². The SMILES string of the molecule is CC1=CCCC(=O)[C@@H](C(=O)O)C1. The van der Waals surface area contributed by atoms with E-state index in [0.29, 0.717) is 19.3 Å². The molecule has 1 rings (SSSR count). The quantitative estimate of drug-likeness (QED) is 0.475. The van der Waals surface area contributed by atoms with Crippen LogP contribution in [-0.4, -0.2) is 16.9 Å². The van der Waals surface area contributed by atoms with Crippen molar-refractivity contribution >= 4 is 11.8 Å². The smallest absolute Gasteiger partial charge is 0.314 e. The molecule has 0 aromatic rings. The molecule has 0 unspecified atom stereocenters. The number of hydrogen-bond acceptors (Lipinski definition) is 2. The Bertz CT molecular complexity index is 240. The van der Waals surface area contributed by atoms with Crippen molar-refractivity contribution in [2.45, 2.75) is 26.2 Å². The van der Waals surface area contributed by atoms with Crippen LogP contribution < -0.4 is 0 Å². The Balaban J connectivity index is 2.76. The fraction of sp³-hybridized carbons (Fsp3) is 0.556.